The van der Waals surface area contributed by atoms with Crippen LogP contribution in [-0.2, 0) is 9.53 Å². The molecule has 1 aromatic carbocycles. The number of aromatic nitrogens is 5. The van der Waals surface area contributed by atoms with Gasteiger partial charge in [-0.15, -0.1) is 5.10 Å². The van der Waals surface area contributed by atoms with Gasteiger partial charge in [0, 0.05) is 19.2 Å². The molecule has 146 valence electrons. The van der Waals surface area contributed by atoms with Crippen LogP contribution in [0.5, 0.6) is 0 Å². The van der Waals surface area contributed by atoms with Gasteiger partial charge in [0.05, 0.1) is 11.9 Å². The van der Waals surface area contributed by atoms with Gasteiger partial charge in [0.1, 0.15) is 6.61 Å². The molecule has 2 aromatic heterocycles. The van der Waals surface area contributed by atoms with E-state index in [0.29, 0.717) is 17.1 Å². The highest BCUT2D eigenvalue weighted by Crippen LogP contribution is 2.22. The van der Waals surface area contributed by atoms with Crippen molar-refractivity contribution in [3.05, 3.63) is 36.5 Å². The Kier molecular flexibility index (Phi) is 5.43. The maximum atomic E-state index is 11.6. The Hall–Kier alpha value is -3.07. The van der Waals surface area contributed by atoms with Crippen LogP contribution in [0.4, 0.5) is 5.95 Å². The summed E-state index contributed by atoms with van der Waals surface area (Å²) in [5, 5.41) is 14.8. The molecule has 9 heteroatoms. The van der Waals surface area contributed by atoms with E-state index < -0.39 is 0 Å². The van der Waals surface area contributed by atoms with Gasteiger partial charge in [-0.2, -0.15) is 9.67 Å². The molecular weight excluding hydrogens is 358 g/mol. The molecule has 2 heterocycles. The Morgan fingerprint density at radius 2 is 1.93 bits per heavy atom. The van der Waals surface area contributed by atoms with Crippen molar-refractivity contribution >= 4 is 23.0 Å². The van der Waals surface area contributed by atoms with Crippen LogP contribution in [0, 0.1) is 0 Å². The smallest absolute Gasteiger partial charge is 0.246 e. The highest BCUT2D eigenvalue weighted by atomic mass is 16.5. The number of hydrogen-bond donors (Lipinski definition) is 2. The molecule has 1 fully saturated rings. The number of anilines is 1. The van der Waals surface area contributed by atoms with E-state index in [2.05, 4.69) is 30.9 Å². The zero-order valence-electron chi connectivity index (χ0n) is 15.7. The predicted molar refractivity (Wildman–Crippen MR) is 104 cm³/mol. The average Bonchev–Trinajstić information content (AvgIpc) is 3.14. The number of hydrogen-bond acceptors (Lipinski definition) is 7. The molecule has 0 atom stereocenters. The van der Waals surface area contributed by atoms with Crippen LogP contribution >= 0.6 is 0 Å². The normalized spacial score (nSPS) is 19.5. The minimum absolute atomic E-state index is 0.0608. The molecule has 4 rings (SSSR count). The quantitative estimate of drug-likeness (QED) is 0.669. The molecule has 0 bridgehead atoms. The summed E-state index contributed by atoms with van der Waals surface area (Å²) in [6, 6.07) is 10.3. The van der Waals surface area contributed by atoms with E-state index in [-0.39, 0.29) is 24.6 Å². The highest BCUT2D eigenvalue weighted by Gasteiger charge is 2.23. The molecule has 1 amide bonds. The van der Waals surface area contributed by atoms with E-state index in [9.17, 15) is 4.79 Å². The van der Waals surface area contributed by atoms with E-state index in [1.54, 1.807) is 10.9 Å². The number of methoxy groups -OCH3 is 1. The number of ether oxygens (including phenoxy) is 1. The number of carbonyl (C=O) groups is 1. The maximum absolute atomic E-state index is 11.6. The van der Waals surface area contributed by atoms with Crippen molar-refractivity contribution in [2.75, 3.05) is 19.0 Å². The minimum Gasteiger partial charge on any atom is -0.375 e. The number of para-hydroxylation sites is 1. The van der Waals surface area contributed by atoms with Crippen LogP contribution in [0.15, 0.2) is 36.5 Å². The SMILES string of the molecule is COCC(=O)NC1CCC(Nc2ncc3nnn(-c4ccccc4)c3n2)CC1. The monoisotopic (exact) mass is 381 g/mol. The lowest BCUT2D eigenvalue weighted by Gasteiger charge is -2.29. The van der Waals surface area contributed by atoms with Crippen molar-refractivity contribution in [1.29, 1.82) is 0 Å². The molecule has 1 saturated carbocycles. The van der Waals surface area contributed by atoms with E-state index >= 15 is 0 Å². The van der Waals surface area contributed by atoms with E-state index in [1.807, 2.05) is 30.3 Å². The molecular formula is C19H23N7O2. The van der Waals surface area contributed by atoms with Crippen molar-refractivity contribution in [1.82, 2.24) is 30.3 Å². The molecule has 1 aliphatic rings. The van der Waals surface area contributed by atoms with Crippen LogP contribution in [0.2, 0.25) is 0 Å². The Balaban J connectivity index is 1.41. The summed E-state index contributed by atoms with van der Waals surface area (Å²) in [5.74, 6) is 0.508. The fourth-order valence-corrected chi connectivity index (χ4v) is 3.51. The zero-order chi connectivity index (χ0) is 19.3. The Labute approximate surface area is 162 Å². The molecule has 0 spiro atoms. The molecule has 0 aliphatic heterocycles. The van der Waals surface area contributed by atoms with Crippen LogP contribution in [-0.4, -0.2) is 56.7 Å². The first kappa shape index (κ1) is 18.3. The van der Waals surface area contributed by atoms with E-state index in [1.165, 1.54) is 7.11 Å². The number of nitrogens with zero attached hydrogens (tertiary/aromatic N) is 5. The third kappa shape index (κ3) is 4.09. The topological polar surface area (TPSA) is 107 Å². The van der Waals surface area contributed by atoms with Gasteiger partial charge in [-0.3, -0.25) is 4.79 Å². The number of amides is 1. The lowest BCUT2D eigenvalue weighted by atomic mass is 9.91. The summed E-state index contributed by atoms with van der Waals surface area (Å²) in [5.41, 5.74) is 2.23. The molecule has 2 N–H and O–H groups in total. The first-order valence-electron chi connectivity index (χ1n) is 9.41. The van der Waals surface area contributed by atoms with Gasteiger partial charge < -0.3 is 15.4 Å². The van der Waals surface area contributed by atoms with Crippen molar-refractivity contribution in [2.45, 2.75) is 37.8 Å². The third-order valence-corrected chi connectivity index (χ3v) is 4.89. The van der Waals surface area contributed by atoms with Crippen molar-refractivity contribution in [2.24, 2.45) is 0 Å². The number of nitrogens with one attached hydrogen (secondary N) is 2. The number of rotatable bonds is 6. The highest BCUT2D eigenvalue weighted by molar-refractivity contribution is 5.77. The van der Waals surface area contributed by atoms with Gasteiger partial charge in [-0.05, 0) is 37.8 Å². The standard InChI is InChI=1S/C19H23N7O2/c1-28-12-17(27)21-13-7-9-14(10-8-13)22-19-20-11-16-18(23-19)26(25-24-16)15-5-3-2-4-6-15/h2-6,11,13-14H,7-10,12H2,1H3,(H,21,27)(H,20,22,23). The summed E-state index contributed by atoms with van der Waals surface area (Å²) in [7, 11) is 1.52. The first-order chi connectivity index (χ1) is 13.7. The van der Waals surface area contributed by atoms with Gasteiger partial charge in [0.2, 0.25) is 11.9 Å². The fourth-order valence-electron chi connectivity index (χ4n) is 3.51. The minimum atomic E-state index is -0.0608. The van der Waals surface area contributed by atoms with E-state index in [4.69, 9.17) is 4.74 Å². The second-order valence-corrected chi connectivity index (χ2v) is 6.93. The zero-order valence-corrected chi connectivity index (χ0v) is 15.7. The maximum Gasteiger partial charge on any atom is 0.246 e. The predicted octanol–water partition coefficient (Wildman–Crippen LogP) is 1.70. The number of benzene rings is 1. The van der Waals surface area contributed by atoms with Crippen LogP contribution < -0.4 is 10.6 Å². The molecule has 0 unspecified atom stereocenters. The Morgan fingerprint density at radius 1 is 1.18 bits per heavy atom. The molecule has 0 radical (unpaired) electrons. The third-order valence-electron chi connectivity index (χ3n) is 4.89. The van der Waals surface area contributed by atoms with Gasteiger partial charge >= 0.3 is 0 Å². The number of carbonyl (C=O) groups excluding carboxylic acids is 1. The molecule has 3 aromatic rings. The molecule has 28 heavy (non-hydrogen) atoms. The average molecular weight is 381 g/mol. The Morgan fingerprint density at radius 3 is 2.68 bits per heavy atom. The van der Waals surface area contributed by atoms with Crippen molar-refractivity contribution in [3.63, 3.8) is 0 Å². The van der Waals surface area contributed by atoms with E-state index in [0.717, 1.165) is 31.4 Å². The van der Waals surface area contributed by atoms with Crippen LogP contribution in [0.1, 0.15) is 25.7 Å². The summed E-state index contributed by atoms with van der Waals surface area (Å²) < 4.78 is 6.57. The molecule has 1 aliphatic carbocycles. The molecule has 9 nitrogen and oxygen atoms in total. The summed E-state index contributed by atoms with van der Waals surface area (Å²) in [6.07, 6.45) is 5.40. The van der Waals surface area contributed by atoms with Crippen LogP contribution in [0.3, 0.4) is 0 Å². The van der Waals surface area contributed by atoms with Gasteiger partial charge in [-0.25, -0.2) is 4.98 Å². The molecule has 0 saturated heterocycles. The summed E-state index contributed by atoms with van der Waals surface area (Å²) in [4.78, 5) is 20.6. The van der Waals surface area contributed by atoms with Gasteiger partial charge in [0.25, 0.3) is 0 Å². The van der Waals surface area contributed by atoms with Gasteiger partial charge in [-0.1, -0.05) is 23.4 Å². The second-order valence-electron chi connectivity index (χ2n) is 6.93. The fraction of sp³-hybridized carbons (Fsp3) is 0.421. The van der Waals surface area contributed by atoms with Crippen LogP contribution in [0.25, 0.3) is 16.9 Å². The lowest BCUT2D eigenvalue weighted by molar-refractivity contribution is -0.125. The largest absolute Gasteiger partial charge is 0.375 e. The van der Waals surface area contributed by atoms with Gasteiger partial charge in [0.15, 0.2) is 11.2 Å². The van der Waals surface area contributed by atoms with Crippen molar-refractivity contribution < 1.29 is 9.53 Å². The number of fused-ring (bicyclic) bond motifs is 1. The lowest BCUT2D eigenvalue weighted by Crippen LogP contribution is -2.41. The second kappa shape index (κ2) is 8.30. The first-order valence-corrected chi connectivity index (χ1v) is 9.41. The summed E-state index contributed by atoms with van der Waals surface area (Å²) >= 11 is 0. The Bertz CT molecular complexity index is 936. The van der Waals surface area contributed by atoms with Crippen molar-refractivity contribution in [3.8, 4) is 5.69 Å². The summed E-state index contributed by atoms with van der Waals surface area (Å²) in [6.45, 7) is 0.106.